The molecule has 0 aliphatic heterocycles. The monoisotopic (exact) mass is 178 g/mol. The molecule has 1 saturated carbocycles. The lowest BCUT2D eigenvalue weighted by Crippen LogP contribution is -1.91. The van der Waals surface area contributed by atoms with Crippen LogP contribution in [0.15, 0.2) is 18.2 Å². The third-order valence-electron chi connectivity index (χ3n) is 2.46. The van der Waals surface area contributed by atoms with Gasteiger partial charge in [-0.3, -0.25) is 0 Å². The minimum atomic E-state index is 0.723. The summed E-state index contributed by atoms with van der Waals surface area (Å²) in [4.78, 5) is 0. The van der Waals surface area contributed by atoms with Gasteiger partial charge in [0.1, 0.15) is 11.5 Å². The second kappa shape index (κ2) is 3.29. The fourth-order valence-corrected chi connectivity index (χ4v) is 1.55. The summed E-state index contributed by atoms with van der Waals surface area (Å²) in [5, 5.41) is 0. The van der Waals surface area contributed by atoms with E-state index in [0.717, 1.165) is 17.4 Å². The zero-order valence-electron chi connectivity index (χ0n) is 8.04. The minimum absolute atomic E-state index is 0.723. The first-order valence-electron chi connectivity index (χ1n) is 4.57. The van der Waals surface area contributed by atoms with Crippen LogP contribution < -0.4 is 9.47 Å². The maximum absolute atomic E-state index is 5.31. The van der Waals surface area contributed by atoms with Crippen LogP contribution in [0.1, 0.15) is 24.3 Å². The summed E-state index contributed by atoms with van der Waals surface area (Å²) in [5.41, 5.74) is 1.32. The molecule has 2 rings (SSSR count). The Kier molecular flexibility index (Phi) is 2.13. The van der Waals surface area contributed by atoms with Crippen LogP contribution in [0.2, 0.25) is 0 Å². The van der Waals surface area contributed by atoms with Gasteiger partial charge < -0.3 is 9.47 Å². The van der Waals surface area contributed by atoms with E-state index >= 15 is 0 Å². The van der Waals surface area contributed by atoms with Gasteiger partial charge in [0, 0.05) is 6.07 Å². The molecule has 0 atom stereocenters. The summed E-state index contributed by atoms with van der Waals surface area (Å²) in [5.74, 6) is 2.55. The Morgan fingerprint density at radius 3 is 2.46 bits per heavy atom. The van der Waals surface area contributed by atoms with Gasteiger partial charge in [-0.15, -0.1) is 0 Å². The van der Waals surface area contributed by atoms with Crippen molar-refractivity contribution in [2.75, 3.05) is 14.2 Å². The molecule has 0 saturated heterocycles. The van der Waals surface area contributed by atoms with Gasteiger partial charge in [-0.05, 0) is 30.4 Å². The molecule has 0 bridgehead atoms. The fraction of sp³-hybridized carbons (Fsp3) is 0.455. The van der Waals surface area contributed by atoms with E-state index in [1.807, 2.05) is 12.1 Å². The molecule has 13 heavy (non-hydrogen) atoms. The molecule has 0 amide bonds. The third kappa shape index (κ3) is 1.62. The lowest BCUT2D eigenvalue weighted by Gasteiger charge is -2.08. The van der Waals surface area contributed by atoms with Crippen LogP contribution in [0.4, 0.5) is 0 Å². The highest BCUT2D eigenvalue weighted by molar-refractivity contribution is 5.44. The summed E-state index contributed by atoms with van der Waals surface area (Å²) < 4.78 is 10.4. The minimum Gasteiger partial charge on any atom is -0.497 e. The van der Waals surface area contributed by atoms with Crippen LogP contribution in [-0.2, 0) is 0 Å². The number of rotatable bonds is 3. The van der Waals surface area contributed by atoms with Gasteiger partial charge >= 0.3 is 0 Å². The largest absolute Gasteiger partial charge is 0.497 e. The molecule has 2 heteroatoms. The molecule has 1 fully saturated rings. The molecule has 0 aromatic heterocycles. The Bertz CT molecular complexity index is 303. The second-order valence-corrected chi connectivity index (χ2v) is 3.38. The fourth-order valence-electron chi connectivity index (χ4n) is 1.55. The van der Waals surface area contributed by atoms with Crippen molar-refractivity contribution in [3.05, 3.63) is 23.8 Å². The lowest BCUT2D eigenvalue weighted by atomic mass is 10.1. The van der Waals surface area contributed by atoms with Gasteiger partial charge in [0.05, 0.1) is 14.2 Å². The van der Waals surface area contributed by atoms with Crippen LogP contribution in [0.25, 0.3) is 0 Å². The number of hydrogen-bond acceptors (Lipinski definition) is 2. The topological polar surface area (TPSA) is 18.5 Å². The molecule has 0 radical (unpaired) electrons. The van der Waals surface area contributed by atoms with Crippen molar-refractivity contribution in [1.29, 1.82) is 0 Å². The van der Waals surface area contributed by atoms with Crippen LogP contribution in [0.5, 0.6) is 11.5 Å². The van der Waals surface area contributed by atoms with Crippen LogP contribution in [0.3, 0.4) is 0 Å². The maximum atomic E-state index is 5.31. The Morgan fingerprint density at radius 1 is 1.15 bits per heavy atom. The maximum Gasteiger partial charge on any atom is 0.126 e. The van der Waals surface area contributed by atoms with Crippen molar-refractivity contribution >= 4 is 0 Å². The molecule has 0 N–H and O–H groups in total. The first-order valence-corrected chi connectivity index (χ1v) is 4.57. The first-order chi connectivity index (χ1) is 6.35. The van der Waals surface area contributed by atoms with E-state index in [1.54, 1.807) is 14.2 Å². The van der Waals surface area contributed by atoms with E-state index in [9.17, 15) is 0 Å². The molecule has 2 nitrogen and oxygen atoms in total. The van der Waals surface area contributed by atoms with Crippen LogP contribution >= 0.6 is 0 Å². The predicted octanol–water partition coefficient (Wildman–Crippen LogP) is 2.58. The quantitative estimate of drug-likeness (QED) is 0.708. The summed E-state index contributed by atoms with van der Waals surface area (Å²) in [7, 11) is 3.38. The zero-order valence-corrected chi connectivity index (χ0v) is 8.04. The summed E-state index contributed by atoms with van der Waals surface area (Å²) in [6, 6.07) is 6.05. The molecule has 0 spiro atoms. The Balaban J connectivity index is 2.33. The van der Waals surface area contributed by atoms with Crippen molar-refractivity contribution in [3.63, 3.8) is 0 Å². The van der Waals surface area contributed by atoms with Gasteiger partial charge in [-0.2, -0.15) is 0 Å². The molecule has 1 aliphatic carbocycles. The van der Waals surface area contributed by atoms with Gasteiger partial charge in [0.15, 0.2) is 0 Å². The summed E-state index contributed by atoms with van der Waals surface area (Å²) in [6.07, 6.45) is 2.59. The molecule has 1 aromatic carbocycles. The Labute approximate surface area is 78.5 Å². The summed E-state index contributed by atoms with van der Waals surface area (Å²) in [6.45, 7) is 0. The third-order valence-corrected chi connectivity index (χ3v) is 2.46. The summed E-state index contributed by atoms with van der Waals surface area (Å²) >= 11 is 0. The predicted molar refractivity (Wildman–Crippen MR) is 51.5 cm³/mol. The average molecular weight is 178 g/mol. The standard InChI is InChI=1S/C11H14O2/c1-12-9-5-6-10(8-3-4-8)11(7-9)13-2/h5-8H,3-4H2,1-2H3. The highest BCUT2D eigenvalue weighted by Crippen LogP contribution is 2.45. The van der Waals surface area contributed by atoms with E-state index in [2.05, 4.69) is 6.07 Å². The smallest absolute Gasteiger partial charge is 0.126 e. The van der Waals surface area contributed by atoms with Crippen molar-refractivity contribution in [2.24, 2.45) is 0 Å². The molecule has 70 valence electrons. The van der Waals surface area contributed by atoms with Crippen molar-refractivity contribution in [2.45, 2.75) is 18.8 Å². The highest BCUT2D eigenvalue weighted by atomic mass is 16.5. The first kappa shape index (κ1) is 8.42. The number of benzene rings is 1. The molecule has 0 heterocycles. The van der Waals surface area contributed by atoms with Crippen molar-refractivity contribution in [1.82, 2.24) is 0 Å². The normalized spacial score (nSPS) is 15.5. The number of ether oxygens (including phenoxy) is 2. The van der Waals surface area contributed by atoms with Crippen molar-refractivity contribution in [3.8, 4) is 11.5 Å². The van der Waals surface area contributed by atoms with E-state index < -0.39 is 0 Å². The van der Waals surface area contributed by atoms with E-state index in [4.69, 9.17) is 9.47 Å². The van der Waals surface area contributed by atoms with Gasteiger partial charge in [-0.25, -0.2) is 0 Å². The molecule has 1 aliphatic rings. The lowest BCUT2D eigenvalue weighted by molar-refractivity contribution is 0.391. The van der Waals surface area contributed by atoms with Gasteiger partial charge in [-0.1, -0.05) is 6.07 Å². The van der Waals surface area contributed by atoms with Crippen molar-refractivity contribution < 1.29 is 9.47 Å². The SMILES string of the molecule is COc1ccc(C2CC2)c(OC)c1. The number of hydrogen-bond donors (Lipinski definition) is 0. The Morgan fingerprint density at radius 2 is 1.92 bits per heavy atom. The van der Waals surface area contributed by atoms with Crippen LogP contribution in [-0.4, -0.2) is 14.2 Å². The second-order valence-electron chi connectivity index (χ2n) is 3.38. The molecule has 0 unspecified atom stereocenters. The van der Waals surface area contributed by atoms with E-state index in [-0.39, 0.29) is 0 Å². The van der Waals surface area contributed by atoms with E-state index in [0.29, 0.717) is 0 Å². The zero-order chi connectivity index (χ0) is 9.26. The number of methoxy groups -OCH3 is 2. The molecular weight excluding hydrogens is 164 g/mol. The average Bonchev–Trinajstić information content (AvgIpc) is 3.00. The highest BCUT2D eigenvalue weighted by Gasteiger charge is 2.26. The Hall–Kier alpha value is -1.18. The van der Waals surface area contributed by atoms with Crippen LogP contribution in [0, 0.1) is 0 Å². The van der Waals surface area contributed by atoms with E-state index in [1.165, 1.54) is 18.4 Å². The molecular formula is C11H14O2. The van der Waals surface area contributed by atoms with Gasteiger partial charge in [0.25, 0.3) is 0 Å². The molecule has 1 aromatic rings. The van der Waals surface area contributed by atoms with Gasteiger partial charge in [0.2, 0.25) is 0 Å².